The number of aliphatic hydroxyl groups is 1. The van der Waals surface area contributed by atoms with E-state index < -0.39 is 18.1 Å². The number of rotatable bonds is 7. The Morgan fingerprint density at radius 2 is 2.07 bits per heavy atom. The predicted octanol–water partition coefficient (Wildman–Crippen LogP) is -1.31. The third kappa shape index (κ3) is 4.36. The summed E-state index contributed by atoms with van der Waals surface area (Å²) in [5, 5.41) is 20.1. The van der Waals surface area contributed by atoms with Crippen LogP contribution in [0.25, 0.3) is 0 Å². The van der Waals surface area contributed by atoms with Crippen LogP contribution in [0.3, 0.4) is 0 Å². The molecule has 0 saturated carbocycles. The van der Waals surface area contributed by atoms with Crippen LogP contribution in [0.2, 0.25) is 0 Å². The van der Waals surface area contributed by atoms with Crippen molar-refractivity contribution in [3.05, 3.63) is 12.3 Å². The first-order chi connectivity index (χ1) is 6.63. The zero-order chi connectivity index (χ0) is 11.0. The van der Waals surface area contributed by atoms with E-state index in [2.05, 4.69) is 5.32 Å². The maximum absolute atomic E-state index is 10.5. The molecule has 0 spiro atoms. The number of aldehydes is 2. The van der Waals surface area contributed by atoms with Crippen molar-refractivity contribution in [3.63, 3.8) is 0 Å². The molecule has 1 unspecified atom stereocenters. The molecule has 2 atom stereocenters. The zero-order valence-electron chi connectivity index (χ0n) is 7.29. The smallest absolute Gasteiger partial charge is 0.328 e. The lowest BCUT2D eigenvalue weighted by Gasteiger charge is -2.16. The molecular weight excluding hydrogens is 190 g/mol. The summed E-state index contributed by atoms with van der Waals surface area (Å²) < 4.78 is 0. The minimum atomic E-state index is -1.32. The zero-order valence-corrected chi connectivity index (χ0v) is 7.29. The molecule has 0 bridgehead atoms. The van der Waals surface area contributed by atoms with Gasteiger partial charge in [0.1, 0.15) is 12.6 Å². The lowest BCUT2D eigenvalue weighted by Crippen LogP contribution is -2.43. The summed E-state index contributed by atoms with van der Waals surface area (Å²) in [5.74, 6) is -1.30. The summed E-state index contributed by atoms with van der Waals surface area (Å²) in [7, 11) is 0. The van der Waals surface area contributed by atoms with Crippen LogP contribution in [0.1, 0.15) is 6.42 Å². The highest BCUT2D eigenvalue weighted by atomic mass is 16.4. The largest absolute Gasteiger partial charge is 0.480 e. The van der Waals surface area contributed by atoms with Crippen molar-refractivity contribution in [1.29, 1.82) is 0 Å². The molecule has 0 aliphatic carbocycles. The Morgan fingerprint density at radius 1 is 1.43 bits per heavy atom. The summed E-state index contributed by atoms with van der Waals surface area (Å²) >= 11 is 0. The number of allylic oxidation sites excluding steroid dienone is 1. The number of hydrogen-bond donors (Lipinski definition) is 3. The molecule has 0 aromatic rings. The van der Waals surface area contributed by atoms with Gasteiger partial charge in [0.25, 0.3) is 0 Å². The molecule has 3 N–H and O–H groups in total. The topological polar surface area (TPSA) is 104 Å². The van der Waals surface area contributed by atoms with E-state index in [0.29, 0.717) is 12.6 Å². The fourth-order valence-corrected chi connectivity index (χ4v) is 0.780. The van der Waals surface area contributed by atoms with Crippen molar-refractivity contribution in [2.75, 3.05) is 0 Å². The SMILES string of the molecule is O=C/C=C\N[C@@H](C(=O)O)C(O)CC=O. The van der Waals surface area contributed by atoms with Crippen molar-refractivity contribution in [1.82, 2.24) is 5.32 Å². The highest BCUT2D eigenvalue weighted by Crippen LogP contribution is 1.97. The van der Waals surface area contributed by atoms with Crippen molar-refractivity contribution in [2.45, 2.75) is 18.6 Å². The van der Waals surface area contributed by atoms with Crippen molar-refractivity contribution in [2.24, 2.45) is 0 Å². The molecule has 6 nitrogen and oxygen atoms in total. The summed E-state index contributed by atoms with van der Waals surface area (Å²) in [6, 6.07) is -1.30. The Balaban J connectivity index is 4.27. The lowest BCUT2D eigenvalue weighted by molar-refractivity contribution is -0.142. The molecule has 6 heteroatoms. The van der Waals surface area contributed by atoms with E-state index in [1.807, 2.05) is 0 Å². The molecular formula is C8H11NO5. The van der Waals surface area contributed by atoms with E-state index in [0.717, 1.165) is 12.3 Å². The minimum Gasteiger partial charge on any atom is -0.480 e. The number of aliphatic carboxylic acids is 1. The average Bonchev–Trinajstić information content (AvgIpc) is 2.12. The fourth-order valence-electron chi connectivity index (χ4n) is 0.780. The average molecular weight is 201 g/mol. The first kappa shape index (κ1) is 12.3. The van der Waals surface area contributed by atoms with Crippen LogP contribution >= 0.6 is 0 Å². The van der Waals surface area contributed by atoms with Gasteiger partial charge in [-0.2, -0.15) is 0 Å². The highest BCUT2D eigenvalue weighted by Gasteiger charge is 2.24. The molecule has 78 valence electrons. The van der Waals surface area contributed by atoms with Crippen molar-refractivity contribution >= 4 is 18.5 Å². The van der Waals surface area contributed by atoms with Crippen molar-refractivity contribution in [3.8, 4) is 0 Å². The standard InChI is InChI=1S/C8H11NO5/c10-4-1-3-9-7(8(13)14)6(12)2-5-11/h1,3-7,9,12H,2H2,(H,13,14)/b3-1-/t6?,7-/m1/s1. The first-order valence-electron chi connectivity index (χ1n) is 3.84. The monoisotopic (exact) mass is 201 g/mol. The predicted molar refractivity (Wildman–Crippen MR) is 46.5 cm³/mol. The van der Waals surface area contributed by atoms with Crippen LogP contribution in [0.15, 0.2) is 12.3 Å². The van der Waals surface area contributed by atoms with E-state index in [-0.39, 0.29) is 6.42 Å². The van der Waals surface area contributed by atoms with Gasteiger partial charge in [-0.05, 0) is 6.08 Å². The second-order valence-electron chi connectivity index (χ2n) is 2.45. The number of carbonyl (C=O) groups excluding carboxylic acids is 2. The Bertz CT molecular complexity index is 238. The molecule has 0 aliphatic rings. The van der Waals surface area contributed by atoms with Gasteiger partial charge >= 0.3 is 5.97 Å². The molecule has 0 aromatic heterocycles. The van der Waals surface area contributed by atoms with E-state index >= 15 is 0 Å². The maximum atomic E-state index is 10.5. The number of hydrogen-bond acceptors (Lipinski definition) is 5. The van der Waals surface area contributed by atoms with E-state index in [1.165, 1.54) is 0 Å². The number of aliphatic hydroxyl groups excluding tert-OH is 1. The van der Waals surface area contributed by atoms with Gasteiger partial charge in [0.2, 0.25) is 0 Å². The molecule has 14 heavy (non-hydrogen) atoms. The van der Waals surface area contributed by atoms with Gasteiger partial charge < -0.3 is 20.3 Å². The van der Waals surface area contributed by atoms with Gasteiger partial charge in [-0.15, -0.1) is 0 Å². The van der Waals surface area contributed by atoms with E-state index in [9.17, 15) is 19.5 Å². The van der Waals surface area contributed by atoms with Crippen LogP contribution in [-0.2, 0) is 14.4 Å². The lowest BCUT2D eigenvalue weighted by atomic mass is 10.1. The Labute approximate surface area is 80.2 Å². The van der Waals surface area contributed by atoms with Crippen LogP contribution in [0, 0.1) is 0 Å². The van der Waals surface area contributed by atoms with Crippen LogP contribution < -0.4 is 5.32 Å². The molecule has 0 heterocycles. The second-order valence-corrected chi connectivity index (χ2v) is 2.45. The van der Waals surface area contributed by atoms with Gasteiger partial charge in [-0.3, -0.25) is 4.79 Å². The van der Waals surface area contributed by atoms with E-state index in [4.69, 9.17) is 5.11 Å². The summed E-state index contributed by atoms with van der Waals surface area (Å²) in [6.07, 6.45) is 1.42. The molecule has 0 aliphatic heterocycles. The number of nitrogens with one attached hydrogen (secondary N) is 1. The highest BCUT2D eigenvalue weighted by molar-refractivity contribution is 5.75. The van der Waals surface area contributed by atoms with Gasteiger partial charge in [0.15, 0.2) is 6.04 Å². The normalized spacial score (nSPS) is 14.6. The quantitative estimate of drug-likeness (QED) is 0.349. The Kier molecular flexibility index (Phi) is 5.97. The number of carboxylic acid groups (broad SMARTS) is 1. The van der Waals surface area contributed by atoms with Crippen molar-refractivity contribution < 1.29 is 24.6 Å². The number of carbonyl (C=O) groups is 3. The molecule has 0 rings (SSSR count). The molecule has 0 saturated heterocycles. The minimum absolute atomic E-state index is 0.279. The third-order valence-electron chi connectivity index (χ3n) is 1.44. The van der Waals surface area contributed by atoms with Crippen LogP contribution in [0.4, 0.5) is 0 Å². The van der Waals surface area contributed by atoms with Crippen LogP contribution in [-0.4, -0.2) is 40.9 Å². The molecule has 0 fully saturated rings. The summed E-state index contributed by atoms with van der Waals surface area (Å²) in [5.41, 5.74) is 0. The maximum Gasteiger partial charge on any atom is 0.328 e. The summed E-state index contributed by atoms with van der Waals surface area (Å²) in [6.45, 7) is 0. The summed E-state index contributed by atoms with van der Waals surface area (Å²) in [4.78, 5) is 30.4. The Morgan fingerprint density at radius 3 is 2.50 bits per heavy atom. The van der Waals surface area contributed by atoms with Gasteiger partial charge in [0, 0.05) is 12.6 Å². The Hall–Kier alpha value is -1.69. The second kappa shape index (κ2) is 6.79. The molecule has 0 radical (unpaired) electrons. The van der Waals surface area contributed by atoms with Gasteiger partial charge in [-0.25, -0.2) is 4.79 Å². The van der Waals surface area contributed by atoms with Crippen LogP contribution in [0.5, 0.6) is 0 Å². The molecule has 0 aromatic carbocycles. The van der Waals surface area contributed by atoms with Gasteiger partial charge in [-0.1, -0.05) is 0 Å². The first-order valence-corrected chi connectivity index (χ1v) is 3.84. The van der Waals surface area contributed by atoms with Gasteiger partial charge in [0.05, 0.1) is 6.10 Å². The number of carboxylic acids is 1. The fraction of sp³-hybridized carbons (Fsp3) is 0.375. The third-order valence-corrected chi connectivity index (χ3v) is 1.44. The van der Waals surface area contributed by atoms with E-state index in [1.54, 1.807) is 0 Å². The molecule has 0 amide bonds.